The van der Waals surface area contributed by atoms with Gasteiger partial charge in [-0.2, -0.15) is 5.06 Å². The molecule has 1 unspecified atom stereocenters. The number of ether oxygens (including phenoxy) is 2. The number of carbonyl (C=O) groups is 1. The van der Waals surface area contributed by atoms with Crippen molar-refractivity contribution in [2.24, 2.45) is 0 Å². The van der Waals surface area contributed by atoms with E-state index in [4.69, 9.17) is 14.3 Å². The Morgan fingerprint density at radius 2 is 1.64 bits per heavy atom. The number of hydrogen-bond donors (Lipinski definition) is 0. The van der Waals surface area contributed by atoms with Crippen LogP contribution in [0, 0.1) is 0 Å². The molecule has 5 aromatic rings. The number of allylic oxidation sites excluding steroid dienone is 1. The number of carbonyl (C=O) groups excluding carboxylic acids is 1. The monoisotopic (exact) mass is 639 g/mol. The van der Waals surface area contributed by atoms with Crippen LogP contribution in [0.15, 0.2) is 103 Å². The van der Waals surface area contributed by atoms with Crippen molar-refractivity contribution in [1.82, 2.24) is 0 Å². The van der Waals surface area contributed by atoms with Gasteiger partial charge in [0.15, 0.2) is 6.29 Å². The zero-order valence-corrected chi connectivity index (χ0v) is 27.1. The van der Waals surface area contributed by atoms with E-state index < -0.39 is 12.4 Å². The second kappa shape index (κ2) is 13.3. The van der Waals surface area contributed by atoms with Crippen molar-refractivity contribution in [3.63, 3.8) is 0 Å². The fraction of sp³-hybridized carbons (Fsp3) is 0.244. The van der Waals surface area contributed by atoms with Crippen LogP contribution in [0.3, 0.4) is 0 Å². The molecule has 6 heteroatoms. The van der Waals surface area contributed by atoms with E-state index in [2.05, 4.69) is 60.7 Å². The lowest BCUT2D eigenvalue weighted by molar-refractivity contribution is -0.166. The molecule has 2 aliphatic carbocycles. The summed E-state index contributed by atoms with van der Waals surface area (Å²) in [6, 6.07) is 35.5. The van der Waals surface area contributed by atoms with E-state index in [0.717, 1.165) is 60.9 Å². The Kier molecular flexibility index (Phi) is 8.47. The predicted octanol–water partition coefficient (Wildman–Crippen LogP) is 10.3. The summed E-state index contributed by atoms with van der Waals surface area (Å²) in [6.45, 7) is 0.777. The summed E-state index contributed by atoms with van der Waals surface area (Å²) >= 11 is 1.79. The van der Waals surface area contributed by atoms with Crippen molar-refractivity contribution in [3.8, 4) is 21.6 Å². The molecular weight excluding hydrogens is 603 g/mol. The number of thiophene rings is 1. The van der Waals surface area contributed by atoms with Crippen LogP contribution in [-0.4, -0.2) is 19.0 Å². The second-order valence-corrected chi connectivity index (χ2v) is 13.5. The third-order valence-electron chi connectivity index (χ3n) is 9.41. The summed E-state index contributed by atoms with van der Waals surface area (Å²) in [5.41, 5.74) is 12.6. The van der Waals surface area contributed by atoms with Gasteiger partial charge in [-0.3, -0.25) is 0 Å². The Morgan fingerprint density at radius 1 is 0.787 bits per heavy atom. The molecule has 0 bridgehead atoms. The van der Waals surface area contributed by atoms with Crippen LogP contribution >= 0.6 is 11.3 Å². The van der Waals surface area contributed by atoms with E-state index in [-0.39, 0.29) is 6.61 Å². The van der Waals surface area contributed by atoms with Crippen LogP contribution in [0.1, 0.15) is 58.4 Å². The first kappa shape index (κ1) is 29.9. The highest BCUT2D eigenvalue weighted by molar-refractivity contribution is 7.16. The normalized spacial score (nSPS) is 16.8. The van der Waals surface area contributed by atoms with E-state index in [0.29, 0.717) is 12.3 Å². The Bertz CT molecular complexity index is 1940. The zero-order valence-electron chi connectivity index (χ0n) is 26.3. The molecule has 1 fully saturated rings. The number of hydrogen-bond acceptors (Lipinski definition) is 5. The maximum atomic E-state index is 13.4. The van der Waals surface area contributed by atoms with Crippen molar-refractivity contribution in [2.45, 2.75) is 57.8 Å². The van der Waals surface area contributed by atoms with Gasteiger partial charge in [0, 0.05) is 22.8 Å². The van der Waals surface area contributed by atoms with Crippen molar-refractivity contribution in [2.75, 3.05) is 11.7 Å². The molecule has 1 amide bonds. The summed E-state index contributed by atoms with van der Waals surface area (Å²) in [5.74, 6) is 0. The number of nitrogens with zero attached hydrogens (tertiary/aromatic N) is 1. The zero-order chi connectivity index (χ0) is 31.6. The van der Waals surface area contributed by atoms with Crippen LogP contribution < -0.4 is 5.06 Å². The van der Waals surface area contributed by atoms with Crippen molar-refractivity contribution >= 4 is 34.8 Å². The SMILES string of the molecule is O=C(OCc1ccccc1)N(OC1CCCCO1)c1cccc(-c2ccc(C3=Cc4ccc5c(c4CC3)CCc3ccccc3-5)s2)c1. The van der Waals surface area contributed by atoms with Gasteiger partial charge in [0.05, 0.1) is 5.69 Å². The number of rotatable bonds is 7. The van der Waals surface area contributed by atoms with Crippen LogP contribution in [0.25, 0.3) is 33.2 Å². The Labute approximate surface area is 280 Å². The summed E-state index contributed by atoms with van der Waals surface area (Å²) in [6.07, 6.45) is 8.38. The number of fused-ring (bicyclic) bond motifs is 5. The maximum absolute atomic E-state index is 13.4. The summed E-state index contributed by atoms with van der Waals surface area (Å²) in [5, 5.41) is 1.26. The molecule has 47 heavy (non-hydrogen) atoms. The standard InChI is InChI=1S/C41H37NO4S/c43-41(45-27-28-9-2-1-3-10-28)42(46-40-15-6-7-24-44-40)33-13-8-12-31(26-33)38-22-23-39(47-38)32-18-19-35-30(25-32)17-21-36-34-14-5-4-11-29(34)16-20-37(35)36/h1-5,8-14,17,21-23,25-26,40H,6-7,15-16,18-20,24,27H2. The minimum absolute atomic E-state index is 0.160. The first-order chi connectivity index (χ1) is 23.2. The molecule has 1 aromatic heterocycles. The highest BCUT2D eigenvalue weighted by atomic mass is 32.1. The maximum Gasteiger partial charge on any atom is 0.439 e. The van der Waals surface area contributed by atoms with Gasteiger partial charge in [-0.05, 0) is 113 Å². The topological polar surface area (TPSA) is 48.0 Å². The molecule has 3 aliphatic rings. The molecule has 0 spiro atoms. The molecule has 0 saturated carbocycles. The number of benzene rings is 4. The lowest BCUT2D eigenvalue weighted by atomic mass is 9.78. The van der Waals surface area contributed by atoms with Gasteiger partial charge >= 0.3 is 6.09 Å². The first-order valence-corrected chi connectivity index (χ1v) is 17.4. The van der Waals surface area contributed by atoms with Crippen molar-refractivity contribution in [3.05, 3.63) is 136 Å². The van der Waals surface area contributed by atoms with Crippen LogP contribution in [0.2, 0.25) is 0 Å². The third kappa shape index (κ3) is 6.29. The highest BCUT2D eigenvalue weighted by Gasteiger charge is 2.27. The smallest absolute Gasteiger partial charge is 0.439 e. The fourth-order valence-electron chi connectivity index (χ4n) is 7.00. The molecule has 1 atom stereocenters. The predicted molar refractivity (Wildman–Crippen MR) is 189 cm³/mol. The average molecular weight is 640 g/mol. The molecule has 4 aromatic carbocycles. The number of hydroxylamine groups is 1. The van der Waals surface area contributed by atoms with Gasteiger partial charge in [-0.15, -0.1) is 11.3 Å². The Hall–Kier alpha value is -4.49. The number of anilines is 1. The molecule has 2 heterocycles. The molecule has 1 aliphatic heterocycles. The molecule has 236 valence electrons. The summed E-state index contributed by atoms with van der Waals surface area (Å²) in [7, 11) is 0. The van der Waals surface area contributed by atoms with E-state index in [1.165, 1.54) is 48.9 Å². The van der Waals surface area contributed by atoms with Gasteiger partial charge in [0.2, 0.25) is 0 Å². The van der Waals surface area contributed by atoms with Crippen LogP contribution in [-0.2, 0) is 40.2 Å². The van der Waals surface area contributed by atoms with Gasteiger partial charge in [0.1, 0.15) is 6.61 Å². The minimum atomic E-state index is -0.566. The average Bonchev–Trinajstić information content (AvgIpc) is 3.64. The Morgan fingerprint density at radius 3 is 2.53 bits per heavy atom. The van der Waals surface area contributed by atoms with Crippen molar-refractivity contribution in [1.29, 1.82) is 0 Å². The van der Waals surface area contributed by atoms with E-state index in [9.17, 15) is 4.79 Å². The van der Waals surface area contributed by atoms with E-state index in [1.54, 1.807) is 11.3 Å². The van der Waals surface area contributed by atoms with Crippen LogP contribution in [0.4, 0.5) is 10.5 Å². The number of amides is 1. The Balaban J connectivity index is 1.04. The van der Waals surface area contributed by atoms with Gasteiger partial charge < -0.3 is 9.47 Å². The molecule has 0 radical (unpaired) electrons. The molecule has 8 rings (SSSR count). The molecule has 0 N–H and O–H groups in total. The molecule has 1 saturated heterocycles. The van der Waals surface area contributed by atoms with Gasteiger partial charge in [0.25, 0.3) is 0 Å². The largest absolute Gasteiger partial charge is 0.443 e. The molecule has 5 nitrogen and oxygen atoms in total. The van der Waals surface area contributed by atoms with Gasteiger partial charge in [-0.25, -0.2) is 9.63 Å². The third-order valence-corrected chi connectivity index (χ3v) is 10.6. The van der Waals surface area contributed by atoms with Crippen molar-refractivity contribution < 1.29 is 19.1 Å². The van der Waals surface area contributed by atoms with Gasteiger partial charge in [-0.1, -0.05) is 84.9 Å². The minimum Gasteiger partial charge on any atom is -0.443 e. The van der Waals surface area contributed by atoms with E-state index in [1.807, 2.05) is 48.5 Å². The lowest BCUT2D eigenvalue weighted by Crippen LogP contribution is -2.38. The highest BCUT2D eigenvalue weighted by Crippen LogP contribution is 2.42. The second-order valence-electron chi connectivity index (χ2n) is 12.4. The molecular formula is C41H37NO4S. The van der Waals surface area contributed by atoms with E-state index >= 15 is 0 Å². The first-order valence-electron chi connectivity index (χ1n) is 16.6. The van der Waals surface area contributed by atoms with Crippen LogP contribution in [0.5, 0.6) is 0 Å². The number of aryl methyl sites for hydroxylation is 1. The fourth-order valence-corrected chi connectivity index (χ4v) is 8.05. The quantitative estimate of drug-likeness (QED) is 0.166. The summed E-state index contributed by atoms with van der Waals surface area (Å²) < 4.78 is 11.5. The summed E-state index contributed by atoms with van der Waals surface area (Å²) in [4.78, 5) is 22.0. The lowest BCUT2D eigenvalue weighted by Gasteiger charge is -2.29.